The minimum absolute atomic E-state index is 0.0290. The lowest BCUT2D eigenvalue weighted by molar-refractivity contribution is 0.126. The van der Waals surface area contributed by atoms with Gasteiger partial charge in [-0.2, -0.15) is 4.98 Å². The lowest BCUT2D eigenvalue weighted by Gasteiger charge is -2.37. The molecule has 1 fully saturated rings. The summed E-state index contributed by atoms with van der Waals surface area (Å²) in [5, 5.41) is 0.267. The molecule has 0 amide bonds. The van der Waals surface area contributed by atoms with E-state index in [0.717, 1.165) is 5.56 Å². The summed E-state index contributed by atoms with van der Waals surface area (Å²) >= 11 is 5.73. The first-order valence-corrected chi connectivity index (χ1v) is 9.14. The molecule has 0 spiro atoms. The largest absolute Gasteiger partial charge is 0.476 e. The SMILES string of the molecule is O=S(=O)(Cc1ccccc1)N1CC(COc2cncc(Cl)n2)C1. The van der Waals surface area contributed by atoms with E-state index in [0.29, 0.717) is 25.6 Å². The normalized spacial score (nSPS) is 16.0. The molecule has 0 unspecified atom stereocenters. The highest BCUT2D eigenvalue weighted by atomic mass is 35.5. The van der Waals surface area contributed by atoms with Gasteiger partial charge in [0.05, 0.1) is 24.8 Å². The van der Waals surface area contributed by atoms with Crippen molar-refractivity contribution in [2.45, 2.75) is 5.75 Å². The zero-order chi connectivity index (χ0) is 16.3. The Labute approximate surface area is 140 Å². The number of rotatable bonds is 6. The van der Waals surface area contributed by atoms with Crippen LogP contribution in [0.25, 0.3) is 0 Å². The summed E-state index contributed by atoms with van der Waals surface area (Å²) in [5.74, 6) is 0.533. The van der Waals surface area contributed by atoms with Gasteiger partial charge >= 0.3 is 0 Å². The Bertz CT molecular complexity index is 765. The van der Waals surface area contributed by atoms with Gasteiger partial charge in [0.25, 0.3) is 0 Å². The topological polar surface area (TPSA) is 72.4 Å². The molecule has 8 heteroatoms. The van der Waals surface area contributed by atoms with Crippen LogP contribution in [0.4, 0.5) is 0 Å². The molecule has 122 valence electrons. The monoisotopic (exact) mass is 353 g/mol. The van der Waals surface area contributed by atoms with Crippen LogP contribution >= 0.6 is 11.6 Å². The van der Waals surface area contributed by atoms with E-state index in [-0.39, 0.29) is 16.8 Å². The van der Waals surface area contributed by atoms with Gasteiger partial charge in [-0.3, -0.25) is 4.98 Å². The van der Waals surface area contributed by atoms with Crippen molar-refractivity contribution in [1.82, 2.24) is 14.3 Å². The van der Waals surface area contributed by atoms with Crippen LogP contribution in [0.1, 0.15) is 5.56 Å². The quantitative estimate of drug-likeness (QED) is 0.794. The highest BCUT2D eigenvalue weighted by Gasteiger charge is 2.36. The van der Waals surface area contributed by atoms with Gasteiger partial charge < -0.3 is 4.74 Å². The van der Waals surface area contributed by atoms with Gasteiger partial charge in [0.15, 0.2) is 5.15 Å². The number of halogens is 1. The van der Waals surface area contributed by atoms with Crippen molar-refractivity contribution in [3.63, 3.8) is 0 Å². The highest BCUT2D eigenvalue weighted by molar-refractivity contribution is 7.88. The first-order chi connectivity index (χ1) is 11.0. The Hall–Kier alpha value is -1.70. The zero-order valence-corrected chi connectivity index (χ0v) is 13.9. The van der Waals surface area contributed by atoms with E-state index < -0.39 is 10.0 Å². The first kappa shape index (κ1) is 16.2. The van der Waals surface area contributed by atoms with E-state index in [1.54, 1.807) is 0 Å². The molecular formula is C15H16ClN3O3S. The van der Waals surface area contributed by atoms with Crippen LogP contribution in [-0.2, 0) is 15.8 Å². The molecule has 1 aromatic carbocycles. The van der Waals surface area contributed by atoms with Crippen molar-refractivity contribution in [3.05, 3.63) is 53.4 Å². The van der Waals surface area contributed by atoms with E-state index >= 15 is 0 Å². The highest BCUT2D eigenvalue weighted by Crippen LogP contribution is 2.23. The van der Waals surface area contributed by atoms with Crippen LogP contribution in [0.3, 0.4) is 0 Å². The summed E-state index contributed by atoms with van der Waals surface area (Å²) in [5.41, 5.74) is 0.793. The number of sulfonamides is 1. The van der Waals surface area contributed by atoms with Crippen molar-refractivity contribution >= 4 is 21.6 Å². The molecule has 1 aliphatic heterocycles. The number of nitrogens with zero attached hydrogens (tertiary/aromatic N) is 3. The molecule has 0 bridgehead atoms. The van der Waals surface area contributed by atoms with Gasteiger partial charge in [-0.25, -0.2) is 12.7 Å². The number of benzene rings is 1. The van der Waals surface area contributed by atoms with Crippen LogP contribution in [0.5, 0.6) is 5.88 Å². The minimum Gasteiger partial charge on any atom is -0.476 e. The molecule has 0 aliphatic carbocycles. The lowest BCUT2D eigenvalue weighted by atomic mass is 10.1. The Kier molecular flexibility index (Phi) is 4.79. The predicted molar refractivity (Wildman–Crippen MR) is 86.7 cm³/mol. The molecule has 1 aromatic heterocycles. The summed E-state index contributed by atoms with van der Waals surface area (Å²) in [4.78, 5) is 7.86. The van der Waals surface area contributed by atoms with Crippen LogP contribution in [-0.4, -0.2) is 42.4 Å². The first-order valence-electron chi connectivity index (χ1n) is 7.15. The molecule has 1 aliphatic rings. The molecule has 0 saturated carbocycles. The van der Waals surface area contributed by atoms with Gasteiger partial charge in [-0.05, 0) is 5.56 Å². The number of aromatic nitrogens is 2. The van der Waals surface area contributed by atoms with Gasteiger partial charge in [0.1, 0.15) is 0 Å². The molecule has 23 heavy (non-hydrogen) atoms. The Morgan fingerprint density at radius 3 is 2.65 bits per heavy atom. The molecule has 3 rings (SSSR count). The smallest absolute Gasteiger partial charge is 0.233 e. The number of ether oxygens (including phenoxy) is 1. The Morgan fingerprint density at radius 2 is 1.96 bits per heavy atom. The van der Waals surface area contributed by atoms with Gasteiger partial charge in [-0.15, -0.1) is 0 Å². The second-order valence-electron chi connectivity index (χ2n) is 5.42. The second kappa shape index (κ2) is 6.82. The summed E-state index contributed by atoms with van der Waals surface area (Å²) in [6.45, 7) is 1.32. The van der Waals surface area contributed by atoms with E-state index in [9.17, 15) is 8.42 Å². The number of hydrogen-bond acceptors (Lipinski definition) is 5. The van der Waals surface area contributed by atoms with E-state index in [4.69, 9.17) is 16.3 Å². The number of hydrogen-bond donors (Lipinski definition) is 0. The molecule has 2 heterocycles. The third kappa shape index (κ3) is 4.19. The van der Waals surface area contributed by atoms with Gasteiger partial charge in [0.2, 0.25) is 15.9 Å². The van der Waals surface area contributed by atoms with E-state index in [1.165, 1.54) is 16.7 Å². The van der Waals surface area contributed by atoms with Crippen LogP contribution in [0, 0.1) is 5.92 Å². The minimum atomic E-state index is -3.27. The zero-order valence-electron chi connectivity index (χ0n) is 12.3. The predicted octanol–water partition coefficient (Wildman–Crippen LogP) is 1.97. The van der Waals surface area contributed by atoms with Crippen LogP contribution in [0.15, 0.2) is 42.7 Å². The molecule has 1 saturated heterocycles. The molecular weight excluding hydrogens is 338 g/mol. The van der Waals surface area contributed by atoms with Crippen LogP contribution < -0.4 is 4.74 Å². The summed E-state index contributed by atoms with van der Waals surface area (Å²) in [7, 11) is -3.27. The summed E-state index contributed by atoms with van der Waals surface area (Å²) in [6.07, 6.45) is 2.91. The van der Waals surface area contributed by atoms with Crippen molar-refractivity contribution in [3.8, 4) is 5.88 Å². The lowest BCUT2D eigenvalue weighted by Crippen LogP contribution is -2.52. The molecule has 0 radical (unpaired) electrons. The van der Waals surface area contributed by atoms with Crippen molar-refractivity contribution in [2.24, 2.45) is 5.92 Å². The second-order valence-corrected chi connectivity index (χ2v) is 7.77. The summed E-state index contributed by atoms with van der Waals surface area (Å²) < 4.78 is 31.6. The fourth-order valence-corrected chi connectivity index (χ4v) is 4.14. The van der Waals surface area contributed by atoms with Crippen LogP contribution in [0.2, 0.25) is 5.15 Å². The fourth-order valence-electron chi connectivity index (χ4n) is 2.33. The maximum absolute atomic E-state index is 12.3. The Balaban J connectivity index is 1.48. The third-order valence-corrected chi connectivity index (χ3v) is 5.52. The van der Waals surface area contributed by atoms with Gasteiger partial charge in [0, 0.05) is 19.0 Å². The average molecular weight is 354 g/mol. The van der Waals surface area contributed by atoms with Crippen molar-refractivity contribution < 1.29 is 13.2 Å². The van der Waals surface area contributed by atoms with E-state index in [1.807, 2.05) is 30.3 Å². The van der Waals surface area contributed by atoms with E-state index in [2.05, 4.69) is 9.97 Å². The Morgan fingerprint density at radius 1 is 1.22 bits per heavy atom. The van der Waals surface area contributed by atoms with Gasteiger partial charge in [-0.1, -0.05) is 41.9 Å². The molecule has 6 nitrogen and oxygen atoms in total. The fraction of sp³-hybridized carbons (Fsp3) is 0.333. The standard InChI is InChI=1S/C15H16ClN3O3S/c16-14-6-17-7-15(18-14)22-10-13-8-19(9-13)23(20,21)11-12-4-2-1-3-5-12/h1-7,13H,8-11H2. The maximum Gasteiger partial charge on any atom is 0.233 e. The molecule has 0 N–H and O–H groups in total. The van der Waals surface area contributed by atoms with Crippen molar-refractivity contribution in [1.29, 1.82) is 0 Å². The maximum atomic E-state index is 12.3. The average Bonchev–Trinajstić information content (AvgIpc) is 2.46. The molecule has 2 aromatic rings. The third-order valence-electron chi connectivity index (χ3n) is 3.56. The van der Waals surface area contributed by atoms with Crippen molar-refractivity contribution in [2.75, 3.05) is 19.7 Å². The molecule has 0 atom stereocenters. The summed E-state index contributed by atoms with van der Waals surface area (Å²) in [6, 6.07) is 9.17.